The average molecular weight is 354 g/mol. The number of esters is 1. The Morgan fingerprint density at radius 1 is 1.17 bits per heavy atom. The van der Waals surface area contributed by atoms with Crippen molar-refractivity contribution in [2.45, 2.75) is 31.4 Å². The summed E-state index contributed by atoms with van der Waals surface area (Å²) >= 11 is 0. The molecule has 0 spiro atoms. The van der Waals surface area contributed by atoms with Gasteiger partial charge in [0.05, 0.1) is 18.4 Å². The number of benzene rings is 1. The zero-order valence-electron chi connectivity index (χ0n) is 14.2. The molecule has 1 N–H and O–H groups in total. The van der Waals surface area contributed by atoms with Crippen LogP contribution in [0.3, 0.4) is 0 Å². The molecule has 1 fully saturated rings. The summed E-state index contributed by atoms with van der Waals surface area (Å²) < 4.78 is 31.5. The third-order valence-electron chi connectivity index (χ3n) is 4.15. The first-order valence-corrected chi connectivity index (χ1v) is 10.0. The predicted molar refractivity (Wildman–Crippen MR) is 93.3 cm³/mol. The van der Waals surface area contributed by atoms with Crippen LogP contribution in [0.4, 0.5) is 0 Å². The minimum absolute atomic E-state index is 0.0852. The van der Waals surface area contributed by atoms with Crippen LogP contribution in [0.2, 0.25) is 0 Å². The highest BCUT2D eigenvalue weighted by Crippen LogP contribution is 2.10. The van der Waals surface area contributed by atoms with Gasteiger partial charge in [-0.05, 0) is 56.6 Å². The van der Waals surface area contributed by atoms with Gasteiger partial charge in [0.25, 0.3) is 0 Å². The van der Waals surface area contributed by atoms with Crippen molar-refractivity contribution >= 4 is 16.0 Å². The van der Waals surface area contributed by atoms with Crippen LogP contribution in [0.1, 0.15) is 41.6 Å². The van der Waals surface area contributed by atoms with Crippen molar-refractivity contribution in [1.82, 2.24) is 9.62 Å². The Morgan fingerprint density at radius 3 is 2.46 bits per heavy atom. The molecule has 0 aromatic heterocycles. The first-order chi connectivity index (χ1) is 11.5. The lowest BCUT2D eigenvalue weighted by atomic mass is 10.1. The number of nitrogens with one attached hydrogen (secondary N) is 1. The molecule has 0 bridgehead atoms. The standard InChI is InChI=1S/C17H26N2O4S/c1-23-17(20)16-8-6-15(7-9-16)14-24(21,22)18-10-5-13-19-11-3-2-4-12-19/h6-9,18H,2-5,10-14H2,1H3. The molecule has 1 saturated heterocycles. The van der Waals surface area contributed by atoms with Gasteiger partial charge in [0.15, 0.2) is 0 Å². The fourth-order valence-electron chi connectivity index (χ4n) is 2.84. The molecule has 1 aliphatic heterocycles. The molecule has 0 aliphatic carbocycles. The van der Waals surface area contributed by atoms with Gasteiger partial charge in [0, 0.05) is 6.54 Å². The topological polar surface area (TPSA) is 75.7 Å². The summed E-state index contributed by atoms with van der Waals surface area (Å²) in [5.41, 5.74) is 1.05. The molecule has 134 valence electrons. The minimum Gasteiger partial charge on any atom is -0.465 e. The molecule has 7 heteroatoms. The van der Waals surface area contributed by atoms with E-state index >= 15 is 0 Å². The number of ether oxygens (including phenoxy) is 1. The van der Waals surface area contributed by atoms with Crippen molar-refractivity contribution in [3.8, 4) is 0 Å². The summed E-state index contributed by atoms with van der Waals surface area (Å²) in [6.45, 7) is 3.65. The van der Waals surface area contributed by atoms with E-state index in [4.69, 9.17) is 0 Å². The summed E-state index contributed by atoms with van der Waals surface area (Å²) in [6.07, 6.45) is 4.61. The summed E-state index contributed by atoms with van der Waals surface area (Å²) in [4.78, 5) is 13.8. The molecule has 6 nitrogen and oxygen atoms in total. The van der Waals surface area contributed by atoms with Crippen LogP contribution in [0.15, 0.2) is 24.3 Å². The van der Waals surface area contributed by atoms with Gasteiger partial charge in [-0.3, -0.25) is 0 Å². The van der Waals surface area contributed by atoms with E-state index in [2.05, 4.69) is 14.4 Å². The number of piperidine rings is 1. The number of rotatable bonds is 8. The van der Waals surface area contributed by atoms with E-state index in [-0.39, 0.29) is 5.75 Å². The van der Waals surface area contributed by atoms with Crippen molar-refractivity contribution in [3.63, 3.8) is 0 Å². The molecule has 1 heterocycles. The molecule has 0 amide bonds. The van der Waals surface area contributed by atoms with Crippen molar-refractivity contribution in [2.75, 3.05) is 33.3 Å². The van der Waals surface area contributed by atoms with Crippen LogP contribution in [-0.4, -0.2) is 52.6 Å². The summed E-state index contributed by atoms with van der Waals surface area (Å²) in [5.74, 6) is -0.515. The highest BCUT2D eigenvalue weighted by molar-refractivity contribution is 7.88. The zero-order chi connectivity index (χ0) is 17.4. The third kappa shape index (κ3) is 6.22. The fourth-order valence-corrected chi connectivity index (χ4v) is 4.03. The minimum atomic E-state index is -3.36. The second kappa shape index (κ2) is 9.15. The molecule has 0 saturated carbocycles. The SMILES string of the molecule is COC(=O)c1ccc(CS(=O)(=O)NCCCN2CCCCC2)cc1. The van der Waals surface area contributed by atoms with E-state index in [1.807, 2.05) is 0 Å². The largest absolute Gasteiger partial charge is 0.465 e. The zero-order valence-corrected chi connectivity index (χ0v) is 15.0. The van der Waals surface area contributed by atoms with Crippen molar-refractivity contribution in [1.29, 1.82) is 0 Å². The molecule has 0 radical (unpaired) electrons. The lowest BCUT2D eigenvalue weighted by Crippen LogP contribution is -2.33. The van der Waals surface area contributed by atoms with Gasteiger partial charge >= 0.3 is 5.97 Å². The van der Waals surface area contributed by atoms with Gasteiger partial charge in [0.1, 0.15) is 0 Å². The number of carbonyl (C=O) groups is 1. The van der Waals surface area contributed by atoms with E-state index in [1.54, 1.807) is 24.3 Å². The van der Waals surface area contributed by atoms with Gasteiger partial charge in [-0.2, -0.15) is 0 Å². The number of likely N-dealkylation sites (tertiary alicyclic amines) is 1. The highest BCUT2D eigenvalue weighted by atomic mass is 32.2. The van der Waals surface area contributed by atoms with Crippen LogP contribution >= 0.6 is 0 Å². The number of methoxy groups -OCH3 is 1. The number of hydrogen-bond donors (Lipinski definition) is 1. The Morgan fingerprint density at radius 2 is 1.83 bits per heavy atom. The van der Waals surface area contributed by atoms with Crippen molar-refractivity contribution in [3.05, 3.63) is 35.4 Å². The fraction of sp³-hybridized carbons (Fsp3) is 0.588. The third-order valence-corrected chi connectivity index (χ3v) is 5.51. The van der Waals surface area contributed by atoms with Crippen LogP contribution in [0.5, 0.6) is 0 Å². The van der Waals surface area contributed by atoms with E-state index in [9.17, 15) is 13.2 Å². The number of carbonyl (C=O) groups excluding carboxylic acids is 1. The van der Waals surface area contributed by atoms with Gasteiger partial charge in [-0.25, -0.2) is 17.9 Å². The highest BCUT2D eigenvalue weighted by Gasteiger charge is 2.13. The van der Waals surface area contributed by atoms with E-state index < -0.39 is 16.0 Å². The Balaban J connectivity index is 1.75. The summed E-state index contributed by atoms with van der Waals surface area (Å²) in [5, 5.41) is 0. The lowest BCUT2D eigenvalue weighted by molar-refractivity contribution is 0.0600. The van der Waals surface area contributed by atoms with E-state index in [0.29, 0.717) is 17.7 Å². The normalized spacial score (nSPS) is 16.0. The van der Waals surface area contributed by atoms with Crippen LogP contribution in [0, 0.1) is 0 Å². The Bertz CT molecular complexity index is 622. The Hall–Kier alpha value is -1.44. The predicted octanol–water partition coefficient (Wildman–Crippen LogP) is 1.77. The van der Waals surface area contributed by atoms with Gasteiger partial charge < -0.3 is 9.64 Å². The maximum Gasteiger partial charge on any atom is 0.337 e. The van der Waals surface area contributed by atoms with E-state index in [1.165, 1.54) is 26.4 Å². The number of hydrogen-bond acceptors (Lipinski definition) is 5. The van der Waals surface area contributed by atoms with Crippen molar-refractivity contribution < 1.29 is 17.9 Å². The lowest BCUT2D eigenvalue weighted by Gasteiger charge is -2.26. The first kappa shape index (κ1) is 18.9. The smallest absolute Gasteiger partial charge is 0.337 e. The molecule has 0 unspecified atom stereocenters. The molecule has 2 rings (SSSR count). The maximum absolute atomic E-state index is 12.1. The monoisotopic (exact) mass is 354 g/mol. The molecule has 0 atom stereocenters. The molecular weight excluding hydrogens is 328 g/mol. The number of nitrogens with zero attached hydrogens (tertiary/aromatic N) is 1. The van der Waals surface area contributed by atoms with Crippen LogP contribution < -0.4 is 4.72 Å². The first-order valence-electron chi connectivity index (χ1n) is 8.37. The summed E-state index contributed by atoms with van der Waals surface area (Å²) in [6, 6.07) is 6.43. The quantitative estimate of drug-likeness (QED) is 0.569. The molecular formula is C17H26N2O4S. The van der Waals surface area contributed by atoms with Gasteiger partial charge in [-0.1, -0.05) is 18.6 Å². The van der Waals surface area contributed by atoms with Crippen LogP contribution in [-0.2, 0) is 20.5 Å². The second-order valence-electron chi connectivity index (χ2n) is 6.10. The van der Waals surface area contributed by atoms with Crippen molar-refractivity contribution in [2.24, 2.45) is 0 Å². The maximum atomic E-state index is 12.1. The molecule has 1 aromatic carbocycles. The molecule has 1 aromatic rings. The Kier molecular flexibility index (Phi) is 7.20. The van der Waals surface area contributed by atoms with E-state index in [0.717, 1.165) is 26.1 Å². The molecule has 24 heavy (non-hydrogen) atoms. The second-order valence-corrected chi connectivity index (χ2v) is 7.90. The average Bonchev–Trinajstić information content (AvgIpc) is 2.59. The Labute approximate surface area is 144 Å². The van der Waals surface area contributed by atoms with Crippen LogP contribution in [0.25, 0.3) is 0 Å². The molecule has 1 aliphatic rings. The summed E-state index contributed by atoms with van der Waals surface area (Å²) in [7, 11) is -2.05. The van der Waals surface area contributed by atoms with Gasteiger partial charge in [0.2, 0.25) is 10.0 Å². The number of sulfonamides is 1. The van der Waals surface area contributed by atoms with Gasteiger partial charge in [-0.15, -0.1) is 0 Å².